The highest BCUT2D eigenvalue weighted by Gasteiger charge is 2.36. The Bertz CT molecular complexity index is 198. The largest absolute Gasteiger partial charge is 1.00 e. The molecule has 1 unspecified atom stereocenters. The zero-order valence-corrected chi connectivity index (χ0v) is 9.13. The van der Waals surface area contributed by atoms with Crippen molar-refractivity contribution in [3.05, 3.63) is 0 Å². The van der Waals surface area contributed by atoms with Crippen molar-refractivity contribution in [2.75, 3.05) is 21.1 Å². The van der Waals surface area contributed by atoms with Crippen LogP contribution in [0.25, 0.3) is 0 Å². The molecule has 0 rings (SSSR count). The summed E-state index contributed by atoms with van der Waals surface area (Å²) in [6.07, 6.45) is 0.270. The Morgan fingerprint density at radius 1 is 1.31 bits per heavy atom. The number of likely N-dealkylation sites (N-methyl/N-ethyl adjacent to an activating group) is 1. The number of carbonyl (C=O) groups excluding carboxylic acids is 1. The summed E-state index contributed by atoms with van der Waals surface area (Å²) in [5, 5.41) is 8.77. The Hall–Kier alpha value is -0.610. The first kappa shape index (κ1) is 14.9. The normalized spacial score (nSPS) is 12.9. The molecule has 0 fully saturated rings. The minimum atomic E-state index is -1.05. The van der Waals surface area contributed by atoms with Gasteiger partial charge in [-0.1, -0.05) is 6.92 Å². The number of halogens is 1. The third kappa shape index (κ3) is 4.24. The molecule has 0 aromatic heterocycles. The fraction of sp³-hybridized carbons (Fsp3) is 0.750. The molecule has 4 nitrogen and oxygen atoms in total. The van der Waals surface area contributed by atoms with Gasteiger partial charge in [0.1, 0.15) is 0 Å². The van der Waals surface area contributed by atoms with E-state index in [9.17, 15) is 9.59 Å². The smallest absolute Gasteiger partial charge is 0.370 e. The third-order valence-electron chi connectivity index (χ3n) is 1.66. The highest BCUT2D eigenvalue weighted by Crippen LogP contribution is 2.06. The van der Waals surface area contributed by atoms with Crippen molar-refractivity contribution in [1.82, 2.24) is 0 Å². The van der Waals surface area contributed by atoms with E-state index in [1.807, 2.05) is 0 Å². The highest BCUT2D eigenvalue weighted by atomic mass is 35.5. The summed E-state index contributed by atoms with van der Waals surface area (Å²) in [6, 6.07) is -0.935. The van der Waals surface area contributed by atoms with Crippen LogP contribution in [-0.2, 0) is 9.59 Å². The maximum absolute atomic E-state index is 11.2. The van der Waals surface area contributed by atoms with Gasteiger partial charge in [-0.25, -0.2) is 4.79 Å². The molecule has 0 amide bonds. The molecule has 0 spiro atoms. The molecule has 13 heavy (non-hydrogen) atoms. The van der Waals surface area contributed by atoms with Crippen LogP contribution in [0.1, 0.15) is 13.3 Å². The molecule has 1 atom stereocenters. The lowest BCUT2D eigenvalue weighted by Gasteiger charge is -2.29. The van der Waals surface area contributed by atoms with E-state index in [1.54, 1.807) is 28.1 Å². The van der Waals surface area contributed by atoms with Gasteiger partial charge in [-0.05, 0) is 0 Å². The van der Waals surface area contributed by atoms with Gasteiger partial charge in [0.05, 0.1) is 21.1 Å². The Kier molecular flexibility index (Phi) is 5.95. The van der Waals surface area contributed by atoms with E-state index in [1.165, 1.54) is 0 Å². The first-order chi connectivity index (χ1) is 5.30. The maximum Gasteiger partial charge on any atom is 0.370 e. The van der Waals surface area contributed by atoms with Crippen LogP contribution in [0.3, 0.4) is 0 Å². The van der Waals surface area contributed by atoms with Crippen LogP contribution in [-0.4, -0.2) is 48.5 Å². The molecule has 1 N–H and O–H groups in total. The topological polar surface area (TPSA) is 54.4 Å². The summed E-state index contributed by atoms with van der Waals surface area (Å²) in [6.45, 7) is 1.67. The van der Waals surface area contributed by atoms with Crippen molar-refractivity contribution >= 4 is 11.8 Å². The van der Waals surface area contributed by atoms with Crippen molar-refractivity contribution in [1.29, 1.82) is 0 Å². The number of rotatable bonds is 4. The molecule has 78 valence electrons. The number of hydrogen-bond acceptors (Lipinski definition) is 2. The number of quaternary nitrogens is 1. The van der Waals surface area contributed by atoms with Crippen LogP contribution in [0, 0.1) is 0 Å². The maximum atomic E-state index is 11.2. The van der Waals surface area contributed by atoms with Gasteiger partial charge in [-0.2, -0.15) is 0 Å². The average molecular weight is 210 g/mol. The first-order valence-electron chi connectivity index (χ1n) is 3.87. The van der Waals surface area contributed by atoms with Crippen molar-refractivity contribution < 1.29 is 31.6 Å². The molecule has 0 aromatic carbocycles. The molecule has 0 aliphatic rings. The molecule has 0 aromatic rings. The highest BCUT2D eigenvalue weighted by molar-refractivity contribution is 6.00. The number of carboxylic acid groups (broad SMARTS) is 1. The van der Waals surface area contributed by atoms with Gasteiger partial charge < -0.3 is 22.0 Å². The van der Waals surface area contributed by atoms with Gasteiger partial charge in [0, 0.05) is 6.42 Å². The Balaban J connectivity index is 0. The van der Waals surface area contributed by atoms with Gasteiger partial charge in [0.15, 0.2) is 0 Å². The van der Waals surface area contributed by atoms with E-state index in [4.69, 9.17) is 5.11 Å². The van der Waals surface area contributed by atoms with Crippen LogP contribution >= 0.6 is 0 Å². The number of carboxylic acids is 1. The Morgan fingerprint density at radius 3 is 1.77 bits per heavy atom. The first-order valence-corrected chi connectivity index (χ1v) is 3.87. The lowest BCUT2D eigenvalue weighted by Crippen LogP contribution is -3.00. The fourth-order valence-electron chi connectivity index (χ4n) is 1.09. The number of aliphatic carboxylic acids is 1. The van der Waals surface area contributed by atoms with Crippen LogP contribution in [0.15, 0.2) is 0 Å². The van der Waals surface area contributed by atoms with Gasteiger partial charge in [0.2, 0.25) is 11.8 Å². The second kappa shape index (κ2) is 5.19. The molecule has 0 saturated heterocycles. The zero-order chi connectivity index (χ0) is 9.94. The molecule has 0 aliphatic carbocycles. The summed E-state index contributed by atoms with van der Waals surface area (Å²) < 4.78 is 0.141. The lowest BCUT2D eigenvalue weighted by atomic mass is 10.1. The SMILES string of the molecule is CCC(=O)C(C(=O)O)[N+](C)(C)C.[Cl-]. The number of hydrogen-bond donors (Lipinski definition) is 1. The predicted molar refractivity (Wildman–Crippen MR) is 44.8 cm³/mol. The second-order valence-corrected chi connectivity index (χ2v) is 3.68. The van der Waals surface area contributed by atoms with Gasteiger partial charge >= 0.3 is 5.97 Å². The van der Waals surface area contributed by atoms with Gasteiger partial charge in [-0.15, -0.1) is 0 Å². The number of ketones is 1. The van der Waals surface area contributed by atoms with Crippen LogP contribution in [0.5, 0.6) is 0 Å². The quantitative estimate of drug-likeness (QED) is 0.400. The van der Waals surface area contributed by atoms with Crippen molar-refractivity contribution in [2.45, 2.75) is 19.4 Å². The Morgan fingerprint density at radius 2 is 1.69 bits per heavy atom. The summed E-state index contributed by atoms with van der Waals surface area (Å²) in [4.78, 5) is 21.9. The standard InChI is InChI=1S/C8H15NO3.ClH/c1-5-6(10)7(8(11)12)9(2,3)4;/h7H,5H2,1-4H3;1H. The molecule has 0 bridgehead atoms. The zero-order valence-electron chi connectivity index (χ0n) is 8.37. The lowest BCUT2D eigenvalue weighted by molar-refractivity contribution is -0.878. The van der Waals surface area contributed by atoms with Crippen LogP contribution in [0.4, 0.5) is 0 Å². The number of nitrogens with zero attached hydrogens (tertiary/aromatic N) is 1. The second-order valence-electron chi connectivity index (χ2n) is 3.68. The molecule has 0 heterocycles. The van der Waals surface area contributed by atoms with E-state index < -0.39 is 12.0 Å². The summed E-state index contributed by atoms with van der Waals surface area (Å²) in [5.41, 5.74) is 0. The molecule has 5 heteroatoms. The molecular formula is C8H16ClNO3. The minimum absolute atomic E-state index is 0. The van der Waals surface area contributed by atoms with Crippen LogP contribution in [0.2, 0.25) is 0 Å². The molecular weight excluding hydrogens is 194 g/mol. The molecule has 0 aliphatic heterocycles. The summed E-state index contributed by atoms with van der Waals surface area (Å²) >= 11 is 0. The van der Waals surface area contributed by atoms with Gasteiger partial charge in [-0.3, -0.25) is 4.79 Å². The monoisotopic (exact) mass is 209 g/mol. The van der Waals surface area contributed by atoms with Crippen LogP contribution < -0.4 is 12.4 Å². The van der Waals surface area contributed by atoms with Crippen molar-refractivity contribution in [3.8, 4) is 0 Å². The van der Waals surface area contributed by atoms with Crippen molar-refractivity contribution in [2.24, 2.45) is 0 Å². The summed E-state index contributed by atoms with van der Waals surface area (Å²) in [7, 11) is 5.10. The van der Waals surface area contributed by atoms with E-state index >= 15 is 0 Å². The average Bonchev–Trinajstić information content (AvgIpc) is 1.83. The van der Waals surface area contributed by atoms with E-state index in [0.29, 0.717) is 0 Å². The van der Waals surface area contributed by atoms with E-state index in [-0.39, 0.29) is 29.1 Å². The van der Waals surface area contributed by atoms with Crippen molar-refractivity contribution in [3.63, 3.8) is 0 Å². The molecule has 0 saturated carbocycles. The fourth-order valence-corrected chi connectivity index (χ4v) is 1.09. The number of carbonyl (C=O) groups is 2. The summed E-state index contributed by atoms with van der Waals surface area (Å²) in [5.74, 6) is -1.27. The van der Waals surface area contributed by atoms with E-state index in [2.05, 4.69) is 0 Å². The van der Waals surface area contributed by atoms with Gasteiger partial charge in [0.25, 0.3) is 0 Å². The predicted octanol–water partition coefficient (Wildman–Crippen LogP) is -2.87. The molecule has 0 radical (unpaired) electrons. The number of Topliss-reactive ketones (excluding diaryl/α,β-unsaturated/α-hetero) is 1. The minimum Gasteiger partial charge on any atom is -1.00 e. The third-order valence-corrected chi connectivity index (χ3v) is 1.66. The Labute approximate surface area is 84.5 Å². The van der Waals surface area contributed by atoms with E-state index in [0.717, 1.165) is 0 Å².